The molecule has 16 heteroatoms. The highest BCUT2D eigenvalue weighted by atomic mass is 32.2. The maximum absolute atomic E-state index is 12.9. The summed E-state index contributed by atoms with van der Waals surface area (Å²) < 4.78 is 28.5. The van der Waals surface area contributed by atoms with Crippen LogP contribution in [0.1, 0.15) is 5.69 Å². The van der Waals surface area contributed by atoms with Gasteiger partial charge in [0, 0.05) is 17.2 Å². The molecule has 0 unspecified atom stereocenters. The van der Waals surface area contributed by atoms with Crippen molar-refractivity contribution >= 4 is 51.7 Å². The topological polar surface area (TPSA) is 156 Å². The molecule has 2 aliphatic heterocycles. The lowest BCUT2D eigenvalue weighted by Gasteiger charge is -2.49. The summed E-state index contributed by atoms with van der Waals surface area (Å²) in [6.45, 7) is -3.02. The molecule has 0 aromatic carbocycles. The van der Waals surface area contributed by atoms with E-state index in [4.69, 9.17) is 5.73 Å². The van der Waals surface area contributed by atoms with Gasteiger partial charge in [-0.05, 0) is 5.57 Å². The van der Waals surface area contributed by atoms with Crippen molar-refractivity contribution < 1.29 is 37.8 Å². The Bertz CT molecular complexity index is 1210. The maximum Gasteiger partial charge on any atom is 0.407 e. The van der Waals surface area contributed by atoms with Gasteiger partial charge in [0.15, 0.2) is 24.1 Å². The number of carbonyl (C=O) groups is 3. The van der Waals surface area contributed by atoms with Crippen molar-refractivity contribution in [3.05, 3.63) is 40.8 Å². The fraction of sp³-hybridized carbons (Fsp3) is 0.333. The minimum atomic E-state index is -3.28. The number of nitrogens with zero attached hydrogens (tertiary/aromatic N) is 5. The van der Waals surface area contributed by atoms with Crippen LogP contribution in [0.2, 0.25) is 0 Å². The van der Waals surface area contributed by atoms with E-state index < -0.39 is 41.5 Å². The summed E-state index contributed by atoms with van der Waals surface area (Å²) in [6.07, 6.45) is 3.57. The second-order valence-corrected chi connectivity index (χ2v) is 9.15. The van der Waals surface area contributed by atoms with Crippen LogP contribution >= 0.6 is 23.1 Å². The molecule has 2 atom stereocenters. The first kappa shape index (κ1) is 23.6. The van der Waals surface area contributed by atoms with Crippen molar-refractivity contribution in [2.24, 2.45) is 12.2 Å². The monoisotopic (exact) mass is 514 g/mol. The molecule has 2 aromatic heterocycles. The number of β-lactam (4-membered cyclic amide) rings is 1. The van der Waals surface area contributed by atoms with E-state index in [1.54, 1.807) is 34.9 Å². The molecule has 4 rings (SSSR count). The van der Waals surface area contributed by atoms with E-state index in [9.17, 15) is 28.3 Å². The SMILES string of the molecule is C[n+]1cccn1CC1=C(C(=O)O)N2C(=O)[C@@H](NC(=O)C(=NOC(F)F)c3csc(N)n3)[C@H]2SC1. The number of anilines is 1. The Balaban J connectivity index is 1.54. The summed E-state index contributed by atoms with van der Waals surface area (Å²) in [5.41, 5.74) is 5.24. The third kappa shape index (κ3) is 4.45. The zero-order valence-corrected chi connectivity index (χ0v) is 19.1. The average molecular weight is 515 g/mol. The predicted octanol–water partition coefficient (Wildman–Crippen LogP) is -0.267. The standard InChI is InChI=1S/C18H17F2N7O5S2/c1-25-3-2-4-26(25)5-8-6-33-15-11(14(29)27(15)12(8)16(30)31)23-13(28)10(24-32-17(19)20)9-7-34-18(21)22-9/h2-4,7,11,15,17H,5-6H2,1H3,(H3-,21,22,23,28,30,31)/p+1/t11-,15-/m1/s1. The number of carboxylic acid groups (broad SMARTS) is 1. The number of oxime groups is 1. The molecule has 2 aliphatic rings. The lowest BCUT2D eigenvalue weighted by atomic mass is 10.0. The summed E-state index contributed by atoms with van der Waals surface area (Å²) in [7, 11) is 1.80. The molecular weight excluding hydrogens is 496 g/mol. The molecule has 0 bridgehead atoms. The molecule has 1 saturated heterocycles. The maximum atomic E-state index is 12.9. The molecule has 34 heavy (non-hydrogen) atoms. The van der Waals surface area contributed by atoms with E-state index in [1.165, 1.54) is 17.1 Å². The molecular formula is C18H18F2N7O5S2+. The number of hydrogen-bond acceptors (Lipinski definition) is 9. The summed E-state index contributed by atoms with van der Waals surface area (Å²) in [5.74, 6) is -2.60. The minimum absolute atomic E-state index is 0.0705. The number of alkyl halides is 2. The van der Waals surface area contributed by atoms with Gasteiger partial charge in [-0.3, -0.25) is 14.5 Å². The van der Waals surface area contributed by atoms with Crippen molar-refractivity contribution in [3.63, 3.8) is 0 Å². The number of halogens is 2. The van der Waals surface area contributed by atoms with E-state index >= 15 is 0 Å². The number of carboxylic acids is 1. The summed E-state index contributed by atoms with van der Waals surface area (Å²) in [6, 6.07) is 0.705. The molecule has 0 radical (unpaired) electrons. The molecule has 4 N–H and O–H groups in total. The van der Waals surface area contributed by atoms with Gasteiger partial charge >= 0.3 is 12.6 Å². The van der Waals surface area contributed by atoms with E-state index in [0.717, 1.165) is 16.2 Å². The average Bonchev–Trinajstić information content (AvgIpc) is 3.39. The first-order valence-corrected chi connectivity index (χ1v) is 11.6. The Morgan fingerprint density at radius 1 is 1.50 bits per heavy atom. The highest BCUT2D eigenvalue weighted by Gasteiger charge is 2.54. The van der Waals surface area contributed by atoms with E-state index in [-0.39, 0.29) is 23.1 Å². The molecule has 2 aromatic rings. The fourth-order valence-electron chi connectivity index (χ4n) is 3.52. The molecule has 0 spiro atoms. The molecule has 12 nitrogen and oxygen atoms in total. The van der Waals surface area contributed by atoms with E-state index in [2.05, 4.69) is 20.3 Å². The van der Waals surface area contributed by atoms with Crippen molar-refractivity contribution in [3.8, 4) is 0 Å². The third-order valence-electron chi connectivity index (χ3n) is 5.06. The zero-order chi connectivity index (χ0) is 24.6. The largest absolute Gasteiger partial charge is 0.477 e. The van der Waals surface area contributed by atoms with Crippen LogP contribution in [0.25, 0.3) is 0 Å². The van der Waals surface area contributed by atoms with Gasteiger partial charge in [-0.25, -0.2) is 9.78 Å². The lowest BCUT2D eigenvalue weighted by Crippen LogP contribution is -2.71. The molecule has 4 heterocycles. The minimum Gasteiger partial charge on any atom is -0.477 e. The number of aromatic nitrogens is 3. The van der Waals surface area contributed by atoms with Crippen molar-refractivity contribution in [1.82, 2.24) is 19.9 Å². The zero-order valence-electron chi connectivity index (χ0n) is 17.4. The highest BCUT2D eigenvalue weighted by molar-refractivity contribution is 8.00. The van der Waals surface area contributed by atoms with Crippen molar-refractivity contribution in [1.29, 1.82) is 0 Å². The Morgan fingerprint density at radius 3 is 2.85 bits per heavy atom. The fourth-order valence-corrected chi connectivity index (χ4v) is 5.40. The Hall–Kier alpha value is -3.53. The van der Waals surface area contributed by atoms with Crippen LogP contribution in [0.4, 0.5) is 13.9 Å². The lowest BCUT2D eigenvalue weighted by molar-refractivity contribution is -0.752. The molecule has 1 fully saturated rings. The summed E-state index contributed by atoms with van der Waals surface area (Å²) in [5, 5.41) is 16.1. The molecule has 2 amide bonds. The molecule has 0 aliphatic carbocycles. The number of nitrogens with one attached hydrogen (secondary N) is 1. The second kappa shape index (κ2) is 9.38. The quantitative estimate of drug-likeness (QED) is 0.188. The number of fused-ring (bicyclic) bond motifs is 1. The van der Waals surface area contributed by atoms with Gasteiger partial charge in [-0.15, -0.1) is 27.8 Å². The number of thiazole rings is 1. The van der Waals surface area contributed by atoms with Crippen LogP contribution in [0.5, 0.6) is 0 Å². The Morgan fingerprint density at radius 2 is 2.26 bits per heavy atom. The van der Waals surface area contributed by atoms with Crippen LogP contribution in [0.15, 0.2) is 40.3 Å². The highest BCUT2D eigenvalue weighted by Crippen LogP contribution is 2.40. The number of carbonyl (C=O) groups excluding carboxylic acids is 2. The number of nitrogen functional groups attached to an aromatic ring is 1. The third-order valence-corrected chi connectivity index (χ3v) is 7.07. The van der Waals surface area contributed by atoms with Crippen LogP contribution < -0.4 is 15.7 Å². The number of amides is 2. The molecule has 180 valence electrons. The van der Waals surface area contributed by atoms with Gasteiger partial charge in [-0.1, -0.05) is 5.16 Å². The van der Waals surface area contributed by atoms with Crippen LogP contribution in [-0.4, -0.2) is 66.9 Å². The van der Waals surface area contributed by atoms with Gasteiger partial charge in [0.25, 0.3) is 11.8 Å². The summed E-state index contributed by atoms with van der Waals surface area (Å²) >= 11 is 2.23. The second-order valence-electron chi connectivity index (χ2n) is 7.16. The van der Waals surface area contributed by atoms with E-state index in [0.29, 0.717) is 11.3 Å². The number of rotatable bonds is 8. The number of aliphatic carboxylic acids is 1. The number of thioether (sulfide) groups is 1. The van der Waals surface area contributed by atoms with Crippen LogP contribution in [-0.2, 0) is 32.8 Å². The Labute approximate surface area is 198 Å². The normalized spacial score (nSPS) is 20.3. The molecule has 0 saturated carbocycles. The van der Waals surface area contributed by atoms with Gasteiger partial charge in [0.2, 0.25) is 0 Å². The van der Waals surface area contributed by atoms with Crippen molar-refractivity contribution in [2.75, 3.05) is 11.5 Å². The van der Waals surface area contributed by atoms with Gasteiger partial charge in [-0.2, -0.15) is 13.5 Å². The number of hydrogen-bond donors (Lipinski definition) is 3. The first-order valence-electron chi connectivity index (χ1n) is 9.62. The van der Waals surface area contributed by atoms with Crippen LogP contribution in [0.3, 0.4) is 0 Å². The van der Waals surface area contributed by atoms with Gasteiger partial charge < -0.3 is 21.0 Å². The first-order chi connectivity index (χ1) is 16.2. The van der Waals surface area contributed by atoms with E-state index in [1.807, 2.05) is 0 Å². The summed E-state index contributed by atoms with van der Waals surface area (Å²) in [4.78, 5) is 46.5. The smallest absolute Gasteiger partial charge is 0.407 e. The van der Waals surface area contributed by atoms with Crippen LogP contribution in [0, 0.1) is 0 Å². The Kier molecular flexibility index (Phi) is 6.52. The predicted molar refractivity (Wildman–Crippen MR) is 115 cm³/mol. The number of nitrogens with two attached hydrogens (primary N) is 1. The number of aryl methyl sites for hydroxylation is 1. The van der Waals surface area contributed by atoms with Gasteiger partial charge in [0.05, 0.1) is 6.20 Å². The van der Waals surface area contributed by atoms with Crippen molar-refractivity contribution in [2.45, 2.75) is 24.6 Å². The van der Waals surface area contributed by atoms with Gasteiger partial charge in [0.1, 0.15) is 29.4 Å².